The average Bonchev–Trinajstić information content (AvgIpc) is 2.98. The van der Waals surface area contributed by atoms with Gasteiger partial charge in [0.2, 0.25) is 5.91 Å². The Bertz CT molecular complexity index is 1130. The molecule has 1 atom stereocenters. The Kier molecular flexibility index (Phi) is 5.78. The molecule has 0 aliphatic carbocycles. The smallest absolute Gasteiger partial charge is 0.219 e. The summed E-state index contributed by atoms with van der Waals surface area (Å²) in [7, 11) is 0. The van der Waals surface area contributed by atoms with Crippen molar-refractivity contribution in [1.29, 1.82) is 0 Å². The highest BCUT2D eigenvalue weighted by molar-refractivity contribution is 9.10. The van der Waals surface area contributed by atoms with Crippen LogP contribution in [0, 0.1) is 17.5 Å². The van der Waals surface area contributed by atoms with Crippen molar-refractivity contribution in [2.75, 3.05) is 19.7 Å². The molecule has 1 aromatic carbocycles. The number of pyridine rings is 1. The van der Waals surface area contributed by atoms with Crippen molar-refractivity contribution in [3.63, 3.8) is 0 Å². The van der Waals surface area contributed by atoms with E-state index in [1.165, 1.54) is 17.4 Å². The van der Waals surface area contributed by atoms with Crippen LogP contribution in [0.2, 0.25) is 5.02 Å². The topological polar surface area (TPSA) is 46.8 Å². The van der Waals surface area contributed by atoms with E-state index < -0.39 is 23.6 Å². The standard InChI is InChI=1S/C20H16BrClF3N3O2/c1-10(29)27-2-3-30-12(8-27)6-17-20(19-14(23)4-11(21)5-15(19)24)26-18-7-13(22)16(25)9-28(17)18/h4-5,7,9,12H,2-3,6,8H2,1H3/t12-/m0/s1. The van der Waals surface area contributed by atoms with E-state index in [1.54, 1.807) is 4.90 Å². The summed E-state index contributed by atoms with van der Waals surface area (Å²) >= 11 is 8.93. The summed E-state index contributed by atoms with van der Waals surface area (Å²) in [6, 6.07) is 3.56. The summed E-state index contributed by atoms with van der Waals surface area (Å²) in [6.07, 6.45) is 0.849. The van der Waals surface area contributed by atoms with E-state index in [1.807, 2.05) is 0 Å². The molecule has 2 aromatic heterocycles. The van der Waals surface area contributed by atoms with Gasteiger partial charge in [0.1, 0.15) is 17.3 Å². The highest BCUT2D eigenvalue weighted by atomic mass is 79.9. The monoisotopic (exact) mass is 501 g/mol. The molecule has 1 aliphatic rings. The number of amides is 1. The summed E-state index contributed by atoms with van der Waals surface area (Å²) in [4.78, 5) is 17.7. The highest BCUT2D eigenvalue weighted by Gasteiger charge is 2.28. The van der Waals surface area contributed by atoms with Crippen LogP contribution in [0.25, 0.3) is 16.9 Å². The molecule has 0 spiro atoms. The summed E-state index contributed by atoms with van der Waals surface area (Å²) in [5.41, 5.74) is 0.304. The van der Waals surface area contributed by atoms with Crippen LogP contribution in [0.1, 0.15) is 12.6 Å². The number of hydrogen-bond acceptors (Lipinski definition) is 3. The van der Waals surface area contributed by atoms with Crippen molar-refractivity contribution in [3.8, 4) is 11.3 Å². The first kappa shape index (κ1) is 21.1. The number of ether oxygens (including phenoxy) is 1. The van der Waals surface area contributed by atoms with Crippen molar-refractivity contribution in [2.45, 2.75) is 19.4 Å². The van der Waals surface area contributed by atoms with Gasteiger partial charge in [-0.2, -0.15) is 0 Å². The maximum Gasteiger partial charge on any atom is 0.219 e. The van der Waals surface area contributed by atoms with Crippen LogP contribution < -0.4 is 0 Å². The predicted octanol–water partition coefficient (Wildman–Crippen LogP) is 4.62. The van der Waals surface area contributed by atoms with Gasteiger partial charge in [0.25, 0.3) is 0 Å². The van der Waals surface area contributed by atoms with Gasteiger partial charge < -0.3 is 14.0 Å². The van der Waals surface area contributed by atoms with Gasteiger partial charge in [-0.25, -0.2) is 18.2 Å². The summed E-state index contributed by atoms with van der Waals surface area (Å²) in [6.45, 7) is 2.57. The lowest BCUT2D eigenvalue weighted by atomic mass is 10.0. The molecule has 3 heterocycles. The molecule has 30 heavy (non-hydrogen) atoms. The van der Waals surface area contributed by atoms with Gasteiger partial charge in [0.05, 0.1) is 34.7 Å². The molecule has 1 fully saturated rings. The maximum absolute atomic E-state index is 14.7. The first-order valence-electron chi connectivity index (χ1n) is 9.12. The second-order valence-electron chi connectivity index (χ2n) is 7.01. The van der Waals surface area contributed by atoms with Crippen LogP contribution in [0.3, 0.4) is 0 Å². The Hall–Kier alpha value is -2.10. The molecule has 4 rings (SSSR count). The van der Waals surface area contributed by atoms with E-state index in [-0.39, 0.29) is 38.7 Å². The zero-order valence-corrected chi connectivity index (χ0v) is 18.1. The van der Waals surface area contributed by atoms with E-state index in [9.17, 15) is 18.0 Å². The lowest BCUT2D eigenvalue weighted by molar-refractivity contribution is -0.136. The summed E-state index contributed by atoms with van der Waals surface area (Å²) in [5, 5.41) is -0.154. The molecule has 158 valence electrons. The first-order chi connectivity index (χ1) is 14.2. The Morgan fingerprint density at radius 1 is 1.27 bits per heavy atom. The van der Waals surface area contributed by atoms with E-state index in [4.69, 9.17) is 16.3 Å². The molecule has 0 bridgehead atoms. The fraction of sp³-hybridized carbons (Fsp3) is 0.300. The number of imidazole rings is 1. The van der Waals surface area contributed by atoms with Crippen LogP contribution >= 0.6 is 27.5 Å². The second-order valence-corrected chi connectivity index (χ2v) is 8.33. The van der Waals surface area contributed by atoms with Gasteiger partial charge in [0.15, 0.2) is 5.82 Å². The predicted molar refractivity (Wildman–Crippen MR) is 109 cm³/mol. The molecule has 0 saturated carbocycles. The van der Waals surface area contributed by atoms with Gasteiger partial charge >= 0.3 is 0 Å². The second kappa shape index (κ2) is 8.20. The summed E-state index contributed by atoms with van der Waals surface area (Å²) < 4.78 is 51.0. The molecule has 0 N–H and O–H groups in total. The Balaban J connectivity index is 1.86. The van der Waals surface area contributed by atoms with E-state index >= 15 is 0 Å². The number of aromatic nitrogens is 2. The third kappa shape index (κ3) is 3.93. The quantitative estimate of drug-likeness (QED) is 0.525. The third-order valence-electron chi connectivity index (χ3n) is 5.01. The number of carbonyl (C=O) groups is 1. The minimum absolute atomic E-state index is 0.0303. The van der Waals surface area contributed by atoms with Crippen molar-refractivity contribution in [1.82, 2.24) is 14.3 Å². The minimum atomic E-state index is -0.812. The van der Waals surface area contributed by atoms with Crippen molar-refractivity contribution in [2.24, 2.45) is 0 Å². The number of rotatable bonds is 3. The Labute approximate surface area is 183 Å². The molecule has 1 saturated heterocycles. The minimum Gasteiger partial charge on any atom is -0.374 e. The van der Waals surface area contributed by atoms with Gasteiger partial charge in [-0.15, -0.1) is 0 Å². The number of benzene rings is 1. The van der Waals surface area contributed by atoms with Crippen LogP contribution in [0.5, 0.6) is 0 Å². The molecule has 5 nitrogen and oxygen atoms in total. The third-order valence-corrected chi connectivity index (χ3v) is 5.76. The van der Waals surface area contributed by atoms with Gasteiger partial charge in [-0.3, -0.25) is 4.79 Å². The maximum atomic E-state index is 14.7. The molecule has 1 aliphatic heterocycles. The molecule has 3 aromatic rings. The Morgan fingerprint density at radius 3 is 2.63 bits per heavy atom. The molecule has 1 amide bonds. The van der Waals surface area contributed by atoms with E-state index in [0.717, 1.165) is 18.3 Å². The van der Waals surface area contributed by atoms with Crippen LogP contribution in [-0.2, 0) is 16.0 Å². The molecule has 0 radical (unpaired) electrons. The van der Waals surface area contributed by atoms with Crippen LogP contribution in [-0.4, -0.2) is 46.0 Å². The largest absolute Gasteiger partial charge is 0.374 e. The first-order valence-corrected chi connectivity index (χ1v) is 10.3. The fourth-order valence-corrected chi connectivity index (χ4v) is 4.14. The lowest BCUT2D eigenvalue weighted by Gasteiger charge is -2.32. The van der Waals surface area contributed by atoms with Gasteiger partial charge in [-0.1, -0.05) is 27.5 Å². The lowest BCUT2D eigenvalue weighted by Crippen LogP contribution is -2.45. The average molecular weight is 503 g/mol. The zero-order valence-electron chi connectivity index (χ0n) is 15.8. The van der Waals surface area contributed by atoms with Crippen LogP contribution in [0.15, 0.2) is 28.9 Å². The number of fused-ring (bicyclic) bond motifs is 1. The van der Waals surface area contributed by atoms with Crippen LogP contribution in [0.4, 0.5) is 13.2 Å². The number of hydrogen-bond donors (Lipinski definition) is 0. The van der Waals surface area contributed by atoms with Gasteiger partial charge in [0, 0.05) is 43.2 Å². The number of halogens is 5. The number of nitrogens with zero attached hydrogens (tertiary/aromatic N) is 3. The fourth-order valence-electron chi connectivity index (χ4n) is 3.60. The number of morpholine rings is 1. The van der Waals surface area contributed by atoms with Crippen molar-refractivity contribution < 1.29 is 22.7 Å². The van der Waals surface area contributed by atoms with E-state index in [2.05, 4.69) is 20.9 Å². The molecule has 10 heteroatoms. The van der Waals surface area contributed by atoms with Crippen molar-refractivity contribution in [3.05, 3.63) is 57.0 Å². The highest BCUT2D eigenvalue weighted by Crippen LogP contribution is 2.33. The SMILES string of the molecule is CC(=O)N1CCO[C@@H](Cc2c(-c3c(F)cc(Br)cc3F)nc3cc(Cl)c(F)cn23)C1. The molecular weight excluding hydrogens is 487 g/mol. The van der Waals surface area contributed by atoms with E-state index in [0.29, 0.717) is 25.4 Å². The summed E-state index contributed by atoms with van der Waals surface area (Å²) in [5.74, 6) is -2.41. The zero-order chi connectivity index (χ0) is 21.6. The van der Waals surface area contributed by atoms with Crippen molar-refractivity contribution >= 4 is 39.1 Å². The van der Waals surface area contributed by atoms with Gasteiger partial charge in [-0.05, 0) is 12.1 Å². The molecule has 0 unspecified atom stereocenters. The number of carbonyl (C=O) groups excluding carboxylic acids is 1. The molecular formula is C20H16BrClF3N3O2. The Morgan fingerprint density at radius 2 is 1.97 bits per heavy atom. The normalized spacial score (nSPS) is 17.0.